The van der Waals surface area contributed by atoms with Crippen LogP contribution in [-0.2, 0) is 30.3 Å². The summed E-state index contributed by atoms with van der Waals surface area (Å²) in [7, 11) is 1.59. The minimum absolute atomic E-state index is 0.0834. The van der Waals surface area contributed by atoms with Crippen molar-refractivity contribution >= 4 is 0 Å². The highest BCUT2D eigenvalue weighted by Crippen LogP contribution is 2.22. The third-order valence-electron chi connectivity index (χ3n) is 3.51. The number of rotatable bonds is 13. The van der Waals surface area contributed by atoms with Crippen molar-refractivity contribution in [2.24, 2.45) is 0 Å². The van der Waals surface area contributed by atoms with Crippen molar-refractivity contribution in [3.8, 4) is 0 Å². The molecule has 5 nitrogen and oxygen atoms in total. The zero-order chi connectivity index (χ0) is 16.3. The SMILES string of the molecule is C=C[C@@H](OCOC)[C@@H](OCCCOCc1ccccc1)[C@@H]1CO1. The minimum atomic E-state index is -0.229. The maximum absolute atomic E-state index is 5.91. The summed E-state index contributed by atoms with van der Waals surface area (Å²) in [6.07, 6.45) is 2.27. The van der Waals surface area contributed by atoms with Crippen LogP contribution >= 0.6 is 0 Å². The molecule has 128 valence electrons. The second-order valence-electron chi connectivity index (χ2n) is 5.37. The molecule has 0 unspecified atom stereocenters. The lowest BCUT2D eigenvalue weighted by Crippen LogP contribution is -2.35. The van der Waals surface area contributed by atoms with Crippen LogP contribution in [0.1, 0.15) is 12.0 Å². The summed E-state index contributed by atoms with van der Waals surface area (Å²) in [5, 5.41) is 0. The Morgan fingerprint density at radius 2 is 2.04 bits per heavy atom. The number of methoxy groups -OCH3 is 1. The molecule has 0 bridgehead atoms. The Kier molecular flexibility index (Phi) is 8.28. The Bertz CT molecular complexity index is 432. The Hall–Kier alpha value is -1.24. The van der Waals surface area contributed by atoms with Crippen LogP contribution in [0, 0.1) is 0 Å². The molecule has 1 aromatic rings. The second kappa shape index (κ2) is 10.5. The van der Waals surface area contributed by atoms with Gasteiger partial charge < -0.3 is 23.7 Å². The second-order valence-corrected chi connectivity index (χ2v) is 5.37. The van der Waals surface area contributed by atoms with Crippen LogP contribution < -0.4 is 0 Å². The standard InChI is InChI=1S/C18H26O5/c1-3-16(23-14-19-2)18(17-13-22-17)21-11-7-10-20-12-15-8-5-4-6-9-15/h3-6,8-9,16-18H,1,7,10-14H2,2H3/t16-,17+,18-/m1/s1. The van der Waals surface area contributed by atoms with Crippen LogP contribution in [0.25, 0.3) is 0 Å². The van der Waals surface area contributed by atoms with Gasteiger partial charge in [0.2, 0.25) is 0 Å². The first-order valence-corrected chi connectivity index (χ1v) is 7.93. The smallest absolute Gasteiger partial charge is 0.147 e. The molecule has 0 amide bonds. The highest BCUT2D eigenvalue weighted by molar-refractivity contribution is 5.13. The molecule has 0 aromatic heterocycles. The average molecular weight is 322 g/mol. The van der Waals surface area contributed by atoms with Gasteiger partial charge in [-0.25, -0.2) is 0 Å². The van der Waals surface area contributed by atoms with Crippen LogP contribution in [0.5, 0.6) is 0 Å². The van der Waals surface area contributed by atoms with Gasteiger partial charge in [0.15, 0.2) is 0 Å². The topological polar surface area (TPSA) is 49.5 Å². The fraction of sp³-hybridized carbons (Fsp3) is 0.556. The van der Waals surface area contributed by atoms with Gasteiger partial charge in [-0.1, -0.05) is 36.4 Å². The quantitative estimate of drug-likeness (QED) is 0.242. The van der Waals surface area contributed by atoms with Gasteiger partial charge in [-0.15, -0.1) is 6.58 Å². The summed E-state index contributed by atoms with van der Waals surface area (Å²) in [5.41, 5.74) is 1.18. The van der Waals surface area contributed by atoms with Crippen LogP contribution in [0.3, 0.4) is 0 Å². The first-order valence-electron chi connectivity index (χ1n) is 7.93. The lowest BCUT2D eigenvalue weighted by molar-refractivity contribution is -0.117. The molecule has 0 radical (unpaired) electrons. The molecule has 1 aliphatic heterocycles. The van der Waals surface area contributed by atoms with Crippen LogP contribution in [0.2, 0.25) is 0 Å². The number of hydrogen-bond acceptors (Lipinski definition) is 5. The van der Waals surface area contributed by atoms with Gasteiger partial charge in [0.1, 0.15) is 25.1 Å². The maximum atomic E-state index is 5.91. The minimum Gasteiger partial charge on any atom is -0.377 e. The maximum Gasteiger partial charge on any atom is 0.147 e. The molecular weight excluding hydrogens is 296 g/mol. The van der Waals surface area contributed by atoms with Crippen molar-refractivity contribution in [1.29, 1.82) is 0 Å². The summed E-state index contributed by atoms with van der Waals surface area (Å²) >= 11 is 0. The van der Waals surface area contributed by atoms with E-state index in [9.17, 15) is 0 Å². The highest BCUT2D eigenvalue weighted by Gasteiger charge is 2.38. The Morgan fingerprint density at radius 3 is 2.70 bits per heavy atom. The Balaban J connectivity index is 1.61. The van der Waals surface area contributed by atoms with Crippen molar-refractivity contribution in [2.75, 3.05) is 33.7 Å². The van der Waals surface area contributed by atoms with Gasteiger partial charge in [-0.3, -0.25) is 0 Å². The lowest BCUT2D eigenvalue weighted by atomic mass is 10.1. The Labute approximate surface area is 138 Å². The zero-order valence-corrected chi connectivity index (χ0v) is 13.7. The van der Waals surface area contributed by atoms with E-state index in [0.717, 1.165) is 6.42 Å². The predicted molar refractivity (Wildman–Crippen MR) is 87.1 cm³/mol. The number of hydrogen-bond donors (Lipinski definition) is 0. The van der Waals surface area contributed by atoms with Gasteiger partial charge in [0.25, 0.3) is 0 Å². The molecule has 3 atom stereocenters. The van der Waals surface area contributed by atoms with E-state index >= 15 is 0 Å². The van der Waals surface area contributed by atoms with E-state index in [0.29, 0.717) is 26.4 Å². The van der Waals surface area contributed by atoms with Crippen molar-refractivity contribution < 1.29 is 23.7 Å². The van der Waals surface area contributed by atoms with Gasteiger partial charge in [-0.2, -0.15) is 0 Å². The molecule has 1 saturated heterocycles. The Morgan fingerprint density at radius 1 is 1.26 bits per heavy atom. The number of benzene rings is 1. The van der Waals surface area contributed by atoms with Gasteiger partial charge in [0.05, 0.1) is 13.2 Å². The molecule has 5 heteroatoms. The summed E-state index contributed by atoms with van der Waals surface area (Å²) in [4.78, 5) is 0. The van der Waals surface area contributed by atoms with Gasteiger partial charge >= 0.3 is 0 Å². The summed E-state index contributed by atoms with van der Waals surface area (Å²) < 4.78 is 27.4. The molecule has 1 aromatic carbocycles. The van der Waals surface area contributed by atoms with Crippen molar-refractivity contribution in [3.05, 3.63) is 48.6 Å². The van der Waals surface area contributed by atoms with Crippen LogP contribution in [0.4, 0.5) is 0 Å². The fourth-order valence-electron chi connectivity index (χ4n) is 2.25. The van der Waals surface area contributed by atoms with Crippen LogP contribution in [0.15, 0.2) is 43.0 Å². The molecule has 2 rings (SSSR count). The molecule has 1 fully saturated rings. The van der Waals surface area contributed by atoms with E-state index < -0.39 is 0 Å². The van der Waals surface area contributed by atoms with Gasteiger partial charge in [-0.05, 0) is 12.0 Å². The number of ether oxygens (including phenoxy) is 5. The molecule has 0 N–H and O–H groups in total. The van der Waals surface area contributed by atoms with Crippen molar-refractivity contribution in [3.63, 3.8) is 0 Å². The lowest BCUT2D eigenvalue weighted by Gasteiger charge is -2.23. The monoisotopic (exact) mass is 322 g/mol. The van der Waals surface area contributed by atoms with E-state index in [1.807, 2.05) is 18.2 Å². The van der Waals surface area contributed by atoms with Crippen LogP contribution in [-0.4, -0.2) is 52.0 Å². The third-order valence-corrected chi connectivity index (χ3v) is 3.51. The summed E-state index contributed by atoms with van der Waals surface area (Å²) in [6.45, 7) is 6.59. The first kappa shape index (κ1) is 18.1. The zero-order valence-electron chi connectivity index (χ0n) is 13.7. The fourth-order valence-corrected chi connectivity index (χ4v) is 2.25. The molecule has 0 spiro atoms. The van der Waals surface area contributed by atoms with Crippen molar-refractivity contribution in [1.82, 2.24) is 0 Å². The molecule has 1 aliphatic rings. The average Bonchev–Trinajstić information content (AvgIpc) is 3.42. The molecule has 1 heterocycles. The highest BCUT2D eigenvalue weighted by atomic mass is 16.7. The molecule has 23 heavy (non-hydrogen) atoms. The molecule has 0 aliphatic carbocycles. The van der Waals surface area contributed by atoms with E-state index in [4.69, 9.17) is 23.7 Å². The first-order chi connectivity index (χ1) is 11.3. The molecule has 0 saturated carbocycles. The summed E-state index contributed by atoms with van der Waals surface area (Å²) in [6, 6.07) is 10.1. The number of epoxide rings is 1. The third kappa shape index (κ3) is 6.81. The molecular formula is C18H26O5. The van der Waals surface area contributed by atoms with E-state index in [2.05, 4.69) is 18.7 Å². The van der Waals surface area contributed by atoms with Gasteiger partial charge in [0, 0.05) is 20.3 Å². The largest absolute Gasteiger partial charge is 0.377 e. The predicted octanol–water partition coefficient (Wildman–Crippen LogP) is 2.55. The van der Waals surface area contributed by atoms with E-state index in [1.54, 1.807) is 13.2 Å². The van der Waals surface area contributed by atoms with Crippen molar-refractivity contribution in [2.45, 2.75) is 31.3 Å². The summed E-state index contributed by atoms with van der Waals surface area (Å²) in [5.74, 6) is 0. The van der Waals surface area contributed by atoms with E-state index in [-0.39, 0.29) is 25.1 Å². The normalized spacial score (nSPS) is 19.3. The van der Waals surface area contributed by atoms with E-state index in [1.165, 1.54) is 5.56 Å².